The van der Waals surface area contributed by atoms with Crippen LogP contribution in [0, 0.1) is 0 Å². The Labute approximate surface area is 123 Å². The van der Waals surface area contributed by atoms with E-state index in [9.17, 15) is 0 Å². The van der Waals surface area contributed by atoms with Gasteiger partial charge in [0, 0.05) is 32.7 Å². The van der Waals surface area contributed by atoms with E-state index in [2.05, 4.69) is 49.2 Å². The van der Waals surface area contributed by atoms with E-state index in [0.29, 0.717) is 0 Å². The maximum atomic E-state index is 5.78. The van der Waals surface area contributed by atoms with Crippen LogP contribution in [0.4, 0.5) is 0 Å². The molecule has 1 saturated heterocycles. The van der Waals surface area contributed by atoms with E-state index in [-0.39, 0.29) is 5.41 Å². The van der Waals surface area contributed by atoms with Crippen LogP contribution in [0.2, 0.25) is 0 Å². The summed E-state index contributed by atoms with van der Waals surface area (Å²) >= 11 is 0. The number of rotatable bonds is 4. The fourth-order valence-electron chi connectivity index (χ4n) is 2.67. The van der Waals surface area contributed by atoms with E-state index in [1.807, 2.05) is 6.92 Å². The first-order chi connectivity index (χ1) is 9.50. The van der Waals surface area contributed by atoms with Crippen molar-refractivity contribution in [2.45, 2.75) is 39.7 Å². The number of nitrogens with zero attached hydrogens (tertiary/aromatic N) is 1. The third-order valence-corrected chi connectivity index (χ3v) is 3.77. The minimum atomic E-state index is 0.115. The van der Waals surface area contributed by atoms with E-state index in [1.165, 1.54) is 11.1 Å². The zero-order valence-electron chi connectivity index (χ0n) is 13.3. The van der Waals surface area contributed by atoms with Gasteiger partial charge in [-0.1, -0.05) is 32.9 Å². The van der Waals surface area contributed by atoms with Gasteiger partial charge in [-0.05, 0) is 29.5 Å². The molecule has 20 heavy (non-hydrogen) atoms. The Hall–Kier alpha value is -1.06. The van der Waals surface area contributed by atoms with Crippen LogP contribution in [-0.4, -0.2) is 37.7 Å². The number of piperazine rings is 1. The summed E-state index contributed by atoms with van der Waals surface area (Å²) in [7, 11) is 0. The van der Waals surface area contributed by atoms with Gasteiger partial charge >= 0.3 is 0 Å². The van der Waals surface area contributed by atoms with Gasteiger partial charge in [-0.2, -0.15) is 0 Å². The second kappa shape index (κ2) is 6.59. The van der Waals surface area contributed by atoms with Crippen LogP contribution in [0.3, 0.4) is 0 Å². The lowest BCUT2D eigenvalue weighted by Crippen LogP contribution is -2.42. The van der Waals surface area contributed by atoms with Gasteiger partial charge in [-0.3, -0.25) is 4.90 Å². The highest BCUT2D eigenvalue weighted by Crippen LogP contribution is 2.32. The van der Waals surface area contributed by atoms with Gasteiger partial charge in [-0.15, -0.1) is 0 Å². The molecule has 0 atom stereocenters. The van der Waals surface area contributed by atoms with Crippen molar-refractivity contribution in [2.75, 3.05) is 32.8 Å². The Morgan fingerprint density at radius 2 is 1.90 bits per heavy atom. The molecule has 1 heterocycles. The molecule has 1 aliphatic rings. The summed E-state index contributed by atoms with van der Waals surface area (Å²) in [4.78, 5) is 2.51. The third-order valence-electron chi connectivity index (χ3n) is 3.77. The summed E-state index contributed by atoms with van der Waals surface area (Å²) < 4.78 is 5.78. The van der Waals surface area contributed by atoms with Gasteiger partial charge in [0.05, 0.1) is 6.61 Å². The molecule has 0 radical (unpaired) electrons. The largest absolute Gasteiger partial charge is 0.494 e. The van der Waals surface area contributed by atoms with Gasteiger partial charge in [0.1, 0.15) is 5.75 Å². The van der Waals surface area contributed by atoms with Crippen LogP contribution < -0.4 is 10.1 Å². The van der Waals surface area contributed by atoms with Crippen molar-refractivity contribution in [3.05, 3.63) is 29.3 Å². The normalized spacial score (nSPS) is 17.2. The average molecular weight is 276 g/mol. The van der Waals surface area contributed by atoms with E-state index in [4.69, 9.17) is 4.74 Å². The average Bonchev–Trinajstić information content (AvgIpc) is 2.41. The van der Waals surface area contributed by atoms with Crippen molar-refractivity contribution in [1.82, 2.24) is 10.2 Å². The van der Waals surface area contributed by atoms with Crippen molar-refractivity contribution >= 4 is 0 Å². The molecule has 3 nitrogen and oxygen atoms in total. The minimum Gasteiger partial charge on any atom is -0.494 e. The molecule has 1 aromatic rings. The molecule has 2 rings (SSSR count). The van der Waals surface area contributed by atoms with Crippen molar-refractivity contribution in [3.8, 4) is 5.75 Å². The van der Waals surface area contributed by atoms with E-state index in [0.717, 1.165) is 45.1 Å². The minimum absolute atomic E-state index is 0.115. The lowest BCUT2D eigenvalue weighted by Gasteiger charge is -2.28. The predicted octanol–water partition coefficient (Wildman–Crippen LogP) is 2.79. The first-order valence-electron chi connectivity index (χ1n) is 7.70. The molecule has 1 aliphatic heterocycles. The van der Waals surface area contributed by atoms with E-state index >= 15 is 0 Å². The molecular formula is C17H28N2O. The summed E-state index contributed by atoms with van der Waals surface area (Å²) in [6.07, 6.45) is 0. The van der Waals surface area contributed by atoms with Gasteiger partial charge in [0.2, 0.25) is 0 Å². The van der Waals surface area contributed by atoms with Crippen molar-refractivity contribution < 1.29 is 4.74 Å². The second-order valence-electron chi connectivity index (χ2n) is 6.54. The lowest BCUT2D eigenvalue weighted by molar-refractivity contribution is 0.233. The molecule has 3 heteroatoms. The number of nitrogens with one attached hydrogen (secondary N) is 1. The molecule has 112 valence electrons. The maximum absolute atomic E-state index is 5.78. The highest BCUT2D eigenvalue weighted by atomic mass is 16.5. The summed E-state index contributed by atoms with van der Waals surface area (Å²) in [6.45, 7) is 15.0. The summed E-state index contributed by atoms with van der Waals surface area (Å²) in [5.74, 6) is 1.03. The van der Waals surface area contributed by atoms with Crippen LogP contribution in [0.1, 0.15) is 38.8 Å². The monoisotopic (exact) mass is 276 g/mol. The second-order valence-corrected chi connectivity index (χ2v) is 6.54. The van der Waals surface area contributed by atoms with Crippen molar-refractivity contribution in [1.29, 1.82) is 0 Å². The number of hydrogen-bond donors (Lipinski definition) is 1. The Kier molecular flexibility index (Phi) is 5.06. The van der Waals surface area contributed by atoms with E-state index in [1.54, 1.807) is 0 Å². The zero-order valence-corrected chi connectivity index (χ0v) is 13.3. The zero-order chi connectivity index (χ0) is 14.6. The Morgan fingerprint density at radius 3 is 2.50 bits per heavy atom. The highest BCUT2D eigenvalue weighted by molar-refractivity contribution is 5.41. The molecule has 0 spiro atoms. The molecule has 1 fully saturated rings. The predicted molar refractivity (Wildman–Crippen MR) is 84.5 cm³/mol. The van der Waals surface area contributed by atoms with Crippen molar-refractivity contribution in [3.63, 3.8) is 0 Å². The van der Waals surface area contributed by atoms with Crippen LogP contribution in [0.15, 0.2) is 18.2 Å². The fraction of sp³-hybridized carbons (Fsp3) is 0.647. The van der Waals surface area contributed by atoms with Gasteiger partial charge in [0.15, 0.2) is 0 Å². The van der Waals surface area contributed by atoms with Crippen LogP contribution in [0.25, 0.3) is 0 Å². The molecule has 1 N–H and O–H groups in total. The lowest BCUT2D eigenvalue weighted by atomic mass is 9.85. The Bertz CT molecular complexity index is 431. The molecule has 0 aliphatic carbocycles. The Morgan fingerprint density at radius 1 is 1.20 bits per heavy atom. The van der Waals surface area contributed by atoms with Crippen molar-refractivity contribution in [2.24, 2.45) is 0 Å². The summed E-state index contributed by atoms with van der Waals surface area (Å²) in [5, 5.41) is 3.40. The molecular weight excluding hydrogens is 248 g/mol. The van der Waals surface area contributed by atoms with Crippen LogP contribution in [0.5, 0.6) is 5.75 Å². The van der Waals surface area contributed by atoms with Crippen LogP contribution >= 0.6 is 0 Å². The molecule has 0 saturated carbocycles. The maximum Gasteiger partial charge on any atom is 0.123 e. The fourth-order valence-corrected chi connectivity index (χ4v) is 2.67. The van der Waals surface area contributed by atoms with Gasteiger partial charge in [0.25, 0.3) is 0 Å². The van der Waals surface area contributed by atoms with Crippen LogP contribution in [-0.2, 0) is 12.0 Å². The molecule has 0 unspecified atom stereocenters. The van der Waals surface area contributed by atoms with E-state index < -0.39 is 0 Å². The quantitative estimate of drug-likeness (QED) is 0.915. The highest BCUT2D eigenvalue weighted by Gasteiger charge is 2.20. The molecule has 1 aromatic carbocycles. The molecule has 0 aromatic heterocycles. The first-order valence-corrected chi connectivity index (χ1v) is 7.70. The van der Waals surface area contributed by atoms with Gasteiger partial charge in [-0.25, -0.2) is 0 Å². The number of benzene rings is 1. The molecule has 0 bridgehead atoms. The smallest absolute Gasteiger partial charge is 0.123 e. The summed E-state index contributed by atoms with van der Waals surface area (Å²) in [6, 6.07) is 6.68. The summed E-state index contributed by atoms with van der Waals surface area (Å²) in [5.41, 5.74) is 2.82. The number of ether oxygens (including phenoxy) is 1. The van der Waals surface area contributed by atoms with Gasteiger partial charge < -0.3 is 10.1 Å². The number of hydrogen-bond acceptors (Lipinski definition) is 3. The topological polar surface area (TPSA) is 24.5 Å². The standard InChI is InChI=1S/C17H28N2O/c1-5-20-16-7-6-14(12-15(16)17(2,3)4)13-19-10-8-18-9-11-19/h6-7,12,18H,5,8-11,13H2,1-4H3. The Balaban J connectivity index is 2.17. The first kappa shape index (κ1) is 15.3. The third kappa shape index (κ3) is 3.97. The molecule has 0 amide bonds. The SMILES string of the molecule is CCOc1ccc(CN2CCNCC2)cc1C(C)(C)C.